The standard InChI is InChI=1S/C7H12ClNO3/c8-5-6(10)9-2-1-7-11-3-4-12-7/h7H,1-5H2,(H,9,10). The average Bonchev–Trinajstić information content (AvgIpc) is 2.57. The number of alkyl halides is 1. The molecular weight excluding hydrogens is 182 g/mol. The van der Waals surface area contributed by atoms with Crippen molar-refractivity contribution >= 4 is 17.5 Å². The highest BCUT2D eigenvalue weighted by molar-refractivity contribution is 6.27. The zero-order valence-electron chi connectivity index (χ0n) is 6.72. The van der Waals surface area contributed by atoms with Crippen LogP contribution in [0.4, 0.5) is 0 Å². The van der Waals surface area contributed by atoms with Gasteiger partial charge in [0.05, 0.1) is 13.2 Å². The van der Waals surface area contributed by atoms with Crippen LogP contribution < -0.4 is 5.32 Å². The number of amides is 1. The molecule has 1 amide bonds. The van der Waals surface area contributed by atoms with Gasteiger partial charge in [0.25, 0.3) is 0 Å². The molecule has 0 unspecified atom stereocenters. The number of hydrogen-bond donors (Lipinski definition) is 1. The molecule has 4 nitrogen and oxygen atoms in total. The molecule has 12 heavy (non-hydrogen) atoms. The van der Waals surface area contributed by atoms with Crippen LogP contribution in [0.5, 0.6) is 0 Å². The Morgan fingerprint density at radius 2 is 2.17 bits per heavy atom. The smallest absolute Gasteiger partial charge is 0.234 e. The molecule has 1 rings (SSSR count). The van der Waals surface area contributed by atoms with Gasteiger partial charge in [-0.15, -0.1) is 11.6 Å². The van der Waals surface area contributed by atoms with Crippen molar-refractivity contribution in [2.24, 2.45) is 0 Å². The largest absolute Gasteiger partial charge is 0.355 e. The molecule has 1 aliphatic heterocycles. The van der Waals surface area contributed by atoms with E-state index in [1.807, 2.05) is 0 Å². The van der Waals surface area contributed by atoms with Gasteiger partial charge in [0.15, 0.2) is 6.29 Å². The van der Waals surface area contributed by atoms with E-state index in [0.717, 1.165) is 0 Å². The van der Waals surface area contributed by atoms with Crippen LogP contribution in [0.3, 0.4) is 0 Å². The molecule has 0 aliphatic carbocycles. The summed E-state index contributed by atoms with van der Waals surface area (Å²) in [5.41, 5.74) is 0. The maximum atomic E-state index is 10.7. The summed E-state index contributed by atoms with van der Waals surface area (Å²) in [5, 5.41) is 2.63. The summed E-state index contributed by atoms with van der Waals surface area (Å²) in [6.07, 6.45) is 0.531. The van der Waals surface area contributed by atoms with Crippen molar-refractivity contribution < 1.29 is 14.3 Å². The molecule has 0 spiro atoms. The number of ether oxygens (including phenoxy) is 2. The van der Waals surface area contributed by atoms with Crippen LogP contribution in [-0.2, 0) is 14.3 Å². The minimum Gasteiger partial charge on any atom is -0.355 e. The van der Waals surface area contributed by atoms with E-state index in [1.165, 1.54) is 0 Å². The fourth-order valence-corrected chi connectivity index (χ4v) is 1.05. The SMILES string of the molecule is O=C(CCl)NCCC1OCCO1. The Bertz CT molecular complexity index is 148. The first kappa shape index (κ1) is 9.77. The highest BCUT2D eigenvalue weighted by atomic mass is 35.5. The topological polar surface area (TPSA) is 47.6 Å². The summed E-state index contributed by atoms with van der Waals surface area (Å²) in [6.45, 7) is 1.85. The molecular formula is C7H12ClNO3. The van der Waals surface area contributed by atoms with Gasteiger partial charge in [-0.2, -0.15) is 0 Å². The van der Waals surface area contributed by atoms with Crippen LogP contribution in [0.2, 0.25) is 0 Å². The Morgan fingerprint density at radius 1 is 1.50 bits per heavy atom. The van der Waals surface area contributed by atoms with E-state index < -0.39 is 0 Å². The van der Waals surface area contributed by atoms with Crippen molar-refractivity contribution in [1.82, 2.24) is 5.32 Å². The molecule has 1 fully saturated rings. The molecule has 1 N–H and O–H groups in total. The van der Waals surface area contributed by atoms with E-state index in [2.05, 4.69) is 5.32 Å². The van der Waals surface area contributed by atoms with Gasteiger partial charge in [-0.3, -0.25) is 4.79 Å². The summed E-state index contributed by atoms with van der Waals surface area (Å²) in [5.74, 6) is -0.151. The third-order valence-corrected chi connectivity index (χ3v) is 1.76. The molecule has 0 aromatic carbocycles. The third-order valence-electron chi connectivity index (χ3n) is 1.51. The van der Waals surface area contributed by atoms with Gasteiger partial charge >= 0.3 is 0 Å². The third kappa shape index (κ3) is 3.38. The first-order valence-electron chi connectivity index (χ1n) is 3.89. The fraction of sp³-hybridized carbons (Fsp3) is 0.857. The summed E-state index contributed by atoms with van der Waals surface area (Å²) < 4.78 is 10.3. The summed E-state index contributed by atoms with van der Waals surface area (Å²) in [6, 6.07) is 0. The van der Waals surface area contributed by atoms with Crippen LogP contribution in [0, 0.1) is 0 Å². The van der Waals surface area contributed by atoms with E-state index >= 15 is 0 Å². The van der Waals surface area contributed by atoms with Crippen LogP contribution in [-0.4, -0.2) is 37.8 Å². The highest BCUT2D eigenvalue weighted by Gasteiger charge is 2.15. The molecule has 0 radical (unpaired) electrons. The molecule has 70 valence electrons. The molecule has 0 aromatic rings. The average molecular weight is 194 g/mol. The minimum absolute atomic E-state index is 0.00633. The Hall–Kier alpha value is -0.320. The van der Waals surface area contributed by atoms with Crippen molar-refractivity contribution in [3.8, 4) is 0 Å². The van der Waals surface area contributed by atoms with Gasteiger partial charge < -0.3 is 14.8 Å². The maximum Gasteiger partial charge on any atom is 0.234 e. The number of hydrogen-bond acceptors (Lipinski definition) is 3. The van der Waals surface area contributed by atoms with Crippen molar-refractivity contribution in [3.05, 3.63) is 0 Å². The van der Waals surface area contributed by atoms with Crippen molar-refractivity contribution in [3.63, 3.8) is 0 Å². The molecule has 0 saturated carbocycles. The second-order valence-electron chi connectivity index (χ2n) is 2.44. The number of halogens is 1. The first-order valence-corrected chi connectivity index (χ1v) is 4.42. The van der Waals surface area contributed by atoms with Gasteiger partial charge in [-0.25, -0.2) is 0 Å². The van der Waals surface area contributed by atoms with Crippen molar-refractivity contribution in [1.29, 1.82) is 0 Å². The predicted molar refractivity (Wildman–Crippen MR) is 44.0 cm³/mol. The van der Waals surface area contributed by atoms with Crippen molar-refractivity contribution in [2.45, 2.75) is 12.7 Å². The van der Waals surface area contributed by atoms with E-state index in [0.29, 0.717) is 26.2 Å². The summed E-state index contributed by atoms with van der Waals surface area (Å²) >= 11 is 5.27. The maximum absolute atomic E-state index is 10.7. The summed E-state index contributed by atoms with van der Waals surface area (Å²) in [4.78, 5) is 10.7. The Labute approximate surface area is 76.2 Å². The first-order chi connectivity index (χ1) is 5.83. The highest BCUT2D eigenvalue weighted by Crippen LogP contribution is 2.06. The monoisotopic (exact) mass is 193 g/mol. The van der Waals surface area contributed by atoms with Gasteiger partial charge in [0.2, 0.25) is 5.91 Å². The summed E-state index contributed by atoms with van der Waals surface area (Å²) in [7, 11) is 0. The predicted octanol–water partition coefficient (Wildman–Crippen LogP) is 0.104. The Kier molecular flexibility index (Phi) is 4.35. The van der Waals surface area contributed by atoms with Crippen LogP contribution >= 0.6 is 11.6 Å². The lowest BCUT2D eigenvalue weighted by molar-refractivity contribution is -0.119. The minimum atomic E-state index is -0.158. The van der Waals surface area contributed by atoms with Gasteiger partial charge in [-0.05, 0) is 0 Å². The lowest BCUT2D eigenvalue weighted by atomic mass is 10.4. The lowest BCUT2D eigenvalue weighted by Crippen LogP contribution is -2.28. The number of carbonyl (C=O) groups excluding carboxylic acids is 1. The van der Waals surface area contributed by atoms with Crippen molar-refractivity contribution in [2.75, 3.05) is 25.6 Å². The zero-order chi connectivity index (χ0) is 8.81. The van der Waals surface area contributed by atoms with Crippen LogP contribution in [0.15, 0.2) is 0 Å². The van der Waals surface area contributed by atoms with E-state index in [4.69, 9.17) is 21.1 Å². The van der Waals surface area contributed by atoms with Gasteiger partial charge in [0.1, 0.15) is 5.88 Å². The van der Waals surface area contributed by atoms with E-state index in [1.54, 1.807) is 0 Å². The molecule has 1 heterocycles. The quantitative estimate of drug-likeness (QED) is 0.645. The Morgan fingerprint density at radius 3 is 2.75 bits per heavy atom. The lowest BCUT2D eigenvalue weighted by Gasteiger charge is -2.08. The molecule has 1 aliphatic rings. The molecule has 5 heteroatoms. The fourth-order valence-electron chi connectivity index (χ4n) is 0.951. The number of nitrogens with one attached hydrogen (secondary N) is 1. The number of carbonyl (C=O) groups is 1. The van der Waals surface area contributed by atoms with E-state index in [-0.39, 0.29) is 18.1 Å². The van der Waals surface area contributed by atoms with Gasteiger partial charge in [-0.1, -0.05) is 0 Å². The molecule has 0 atom stereocenters. The van der Waals surface area contributed by atoms with E-state index in [9.17, 15) is 4.79 Å². The molecule has 1 saturated heterocycles. The van der Waals surface area contributed by atoms with Crippen LogP contribution in [0.25, 0.3) is 0 Å². The normalized spacial score (nSPS) is 18.1. The second kappa shape index (κ2) is 5.35. The second-order valence-corrected chi connectivity index (χ2v) is 2.71. The van der Waals surface area contributed by atoms with Gasteiger partial charge in [0, 0.05) is 13.0 Å². The number of rotatable bonds is 4. The molecule has 0 aromatic heterocycles. The zero-order valence-corrected chi connectivity index (χ0v) is 7.47. The van der Waals surface area contributed by atoms with Crippen LogP contribution in [0.1, 0.15) is 6.42 Å². The Balaban J connectivity index is 1.97. The molecule has 0 bridgehead atoms.